The third-order valence-corrected chi connectivity index (χ3v) is 3.73. The number of hydrogen-bond acceptors (Lipinski definition) is 3. The van der Waals surface area contributed by atoms with Crippen molar-refractivity contribution in [2.24, 2.45) is 0 Å². The van der Waals surface area contributed by atoms with Crippen LogP contribution in [0.4, 0.5) is 0 Å². The molecule has 0 N–H and O–H groups in total. The van der Waals surface area contributed by atoms with Gasteiger partial charge in [-0.25, -0.2) is 0 Å². The van der Waals surface area contributed by atoms with Gasteiger partial charge in [0.25, 0.3) is 0 Å². The predicted octanol–water partition coefficient (Wildman–Crippen LogP) is 3.73. The highest BCUT2D eigenvalue weighted by Crippen LogP contribution is 2.24. The SMILES string of the molecule is CCC(c1cccnc1)N(C)Cc1ccsc1. The predicted molar refractivity (Wildman–Crippen MR) is 73.1 cm³/mol. The van der Waals surface area contributed by atoms with Gasteiger partial charge in [0.2, 0.25) is 0 Å². The van der Waals surface area contributed by atoms with E-state index in [4.69, 9.17) is 0 Å². The van der Waals surface area contributed by atoms with E-state index < -0.39 is 0 Å². The van der Waals surface area contributed by atoms with Crippen molar-refractivity contribution in [2.45, 2.75) is 25.9 Å². The van der Waals surface area contributed by atoms with Gasteiger partial charge in [-0.05, 0) is 47.5 Å². The van der Waals surface area contributed by atoms with Gasteiger partial charge >= 0.3 is 0 Å². The van der Waals surface area contributed by atoms with Gasteiger partial charge in [0, 0.05) is 25.0 Å². The summed E-state index contributed by atoms with van der Waals surface area (Å²) in [5, 5.41) is 4.35. The molecule has 0 fully saturated rings. The Morgan fingerprint density at radius 3 is 2.88 bits per heavy atom. The van der Waals surface area contributed by atoms with Crippen LogP contribution in [0.2, 0.25) is 0 Å². The standard InChI is InChI=1S/C14H18N2S/c1-3-14(13-5-4-7-15-9-13)16(2)10-12-6-8-17-11-12/h4-9,11,14H,3,10H2,1-2H3. The summed E-state index contributed by atoms with van der Waals surface area (Å²) in [5.74, 6) is 0. The zero-order chi connectivity index (χ0) is 12.1. The maximum atomic E-state index is 4.21. The molecule has 2 rings (SSSR count). The summed E-state index contributed by atoms with van der Waals surface area (Å²) >= 11 is 1.76. The lowest BCUT2D eigenvalue weighted by atomic mass is 10.1. The first-order valence-corrected chi connectivity index (χ1v) is 6.86. The van der Waals surface area contributed by atoms with Gasteiger partial charge in [-0.2, -0.15) is 11.3 Å². The lowest BCUT2D eigenvalue weighted by Crippen LogP contribution is -2.23. The van der Waals surface area contributed by atoms with Gasteiger partial charge in [0.1, 0.15) is 0 Å². The highest BCUT2D eigenvalue weighted by atomic mass is 32.1. The molecule has 90 valence electrons. The van der Waals surface area contributed by atoms with Crippen LogP contribution in [0.5, 0.6) is 0 Å². The van der Waals surface area contributed by atoms with E-state index in [-0.39, 0.29) is 0 Å². The molecule has 3 heteroatoms. The van der Waals surface area contributed by atoms with Crippen LogP contribution < -0.4 is 0 Å². The summed E-state index contributed by atoms with van der Waals surface area (Å²) in [5.41, 5.74) is 2.69. The monoisotopic (exact) mass is 246 g/mol. The molecule has 0 spiro atoms. The second-order valence-electron chi connectivity index (χ2n) is 4.26. The minimum absolute atomic E-state index is 0.448. The zero-order valence-corrected chi connectivity index (χ0v) is 11.2. The molecule has 2 heterocycles. The Hall–Kier alpha value is -1.19. The normalized spacial score (nSPS) is 12.9. The molecule has 0 saturated heterocycles. The second kappa shape index (κ2) is 5.94. The number of aromatic nitrogens is 1. The molecule has 0 amide bonds. The Labute approximate surface area is 107 Å². The second-order valence-corrected chi connectivity index (χ2v) is 5.04. The van der Waals surface area contributed by atoms with Crippen molar-refractivity contribution in [3.63, 3.8) is 0 Å². The van der Waals surface area contributed by atoms with Crippen LogP contribution in [0, 0.1) is 0 Å². The van der Waals surface area contributed by atoms with Crippen molar-refractivity contribution in [1.82, 2.24) is 9.88 Å². The number of pyridine rings is 1. The van der Waals surface area contributed by atoms with Crippen molar-refractivity contribution in [3.8, 4) is 0 Å². The third-order valence-electron chi connectivity index (χ3n) is 3.00. The Kier molecular flexibility index (Phi) is 4.29. The molecule has 2 nitrogen and oxygen atoms in total. The summed E-state index contributed by atoms with van der Waals surface area (Å²) in [6, 6.07) is 6.81. The van der Waals surface area contributed by atoms with E-state index in [0.717, 1.165) is 13.0 Å². The number of thiophene rings is 1. The summed E-state index contributed by atoms with van der Waals surface area (Å²) in [7, 11) is 2.18. The van der Waals surface area contributed by atoms with Crippen molar-refractivity contribution >= 4 is 11.3 Å². The quantitative estimate of drug-likeness (QED) is 0.799. The van der Waals surface area contributed by atoms with E-state index in [0.29, 0.717) is 6.04 Å². The van der Waals surface area contributed by atoms with Crippen LogP contribution in [0.3, 0.4) is 0 Å². The van der Waals surface area contributed by atoms with Crippen molar-refractivity contribution < 1.29 is 0 Å². The first-order chi connectivity index (χ1) is 8.31. The van der Waals surface area contributed by atoms with Crippen molar-refractivity contribution in [2.75, 3.05) is 7.05 Å². The first-order valence-electron chi connectivity index (χ1n) is 5.92. The Balaban J connectivity index is 2.08. The largest absolute Gasteiger partial charge is 0.295 e. The van der Waals surface area contributed by atoms with Gasteiger partial charge in [-0.1, -0.05) is 13.0 Å². The smallest absolute Gasteiger partial charge is 0.0361 e. The van der Waals surface area contributed by atoms with E-state index in [1.54, 1.807) is 11.3 Å². The fraction of sp³-hybridized carbons (Fsp3) is 0.357. The highest BCUT2D eigenvalue weighted by molar-refractivity contribution is 7.07. The molecule has 0 radical (unpaired) electrons. The fourth-order valence-electron chi connectivity index (χ4n) is 2.16. The molecule has 0 saturated carbocycles. The average molecular weight is 246 g/mol. The third kappa shape index (κ3) is 3.14. The number of nitrogens with zero attached hydrogens (tertiary/aromatic N) is 2. The molecule has 0 aliphatic carbocycles. The fourth-order valence-corrected chi connectivity index (χ4v) is 2.82. The van der Waals surface area contributed by atoms with Crippen LogP contribution in [-0.4, -0.2) is 16.9 Å². The Morgan fingerprint density at radius 2 is 2.29 bits per heavy atom. The molecular weight excluding hydrogens is 228 g/mol. The lowest BCUT2D eigenvalue weighted by Gasteiger charge is -2.26. The van der Waals surface area contributed by atoms with Crippen molar-refractivity contribution in [3.05, 3.63) is 52.5 Å². The molecule has 17 heavy (non-hydrogen) atoms. The van der Waals surface area contributed by atoms with Gasteiger partial charge in [-0.3, -0.25) is 9.88 Å². The summed E-state index contributed by atoms with van der Waals surface area (Å²) in [6.45, 7) is 3.22. The van der Waals surface area contributed by atoms with Crippen LogP contribution >= 0.6 is 11.3 Å². The summed E-state index contributed by atoms with van der Waals surface area (Å²) < 4.78 is 0. The van der Waals surface area contributed by atoms with Gasteiger partial charge in [-0.15, -0.1) is 0 Å². The van der Waals surface area contributed by atoms with E-state index in [1.807, 2.05) is 18.5 Å². The molecule has 2 aromatic rings. The molecule has 0 aliphatic rings. The summed E-state index contributed by atoms with van der Waals surface area (Å²) in [6.07, 6.45) is 4.90. The molecule has 0 aromatic carbocycles. The van der Waals surface area contributed by atoms with E-state index >= 15 is 0 Å². The van der Waals surface area contributed by atoms with Crippen LogP contribution in [0.15, 0.2) is 41.4 Å². The maximum Gasteiger partial charge on any atom is 0.0361 e. The molecule has 2 aromatic heterocycles. The number of rotatable bonds is 5. The number of hydrogen-bond donors (Lipinski definition) is 0. The molecule has 1 unspecified atom stereocenters. The van der Waals surface area contributed by atoms with E-state index in [1.165, 1.54) is 11.1 Å². The highest BCUT2D eigenvalue weighted by Gasteiger charge is 2.15. The zero-order valence-electron chi connectivity index (χ0n) is 10.3. The lowest BCUT2D eigenvalue weighted by molar-refractivity contribution is 0.230. The molecule has 0 aliphatic heterocycles. The topological polar surface area (TPSA) is 16.1 Å². The van der Waals surface area contributed by atoms with E-state index in [2.05, 4.69) is 46.7 Å². The molecule has 0 bridgehead atoms. The first kappa shape index (κ1) is 12.3. The van der Waals surface area contributed by atoms with Crippen molar-refractivity contribution in [1.29, 1.82) is 0 Å². The van der Waals surface area contributed by atoms with Crippen LogP contribution in [0.1, 0.15) is 30.5 Å². The van der Waals surface area contributed by atoms with Crippen LogP contribution in [0.25, 0.3) is 0 Å². The van der Waals surface area contributed by atoms with Crippen LogP contribution in [-0.2, 0) is 6.54 Å². The van der Waals surface area contributed by atoms with Gasteiger partial charge in [0.15, 0.2) is 0 Å². The molecular formula is C14H18N2S. The Morgan fingerprint density at radius 1 is 1.41 bits per heavy atom. The minimum atomic E-state index is 0.448. The van der Waals surface area contributed by atoms with Gasteiger partial charge < -0.3 is 0 Å². The van der Waals surface area contributed by atoms with Gasteiger partial charge in [0.05, 0.1) is 0 Å². The average Bonchev–Trinajstić information content (AvgIpc) is 2.84. The maximum absolute atomic E-state index is 4.21. The Bertz CT molecular complexity index is 425. The minimum Gasteiger partial charge on any atom is -0.295 e. The molecule has 1 atom stereocenters. The van der Waals surface area contributed by atoms with E-state index in [9.17, 15) is 0 Å². The summed E-state index contributed by atoms with van der Waals surface area (Å²) in [4.78, 5) is 6.60.